The van der Waals surface area contributed by atoms with Crippen molar-refractivity contribution in [1.82, 2.24) is 10.0 Å². The standard InChI is InChI=1S/C13H17BrN2O2S3/c1-2-3-15-6-12-5-13(9-20-12)21(17,18)16-7-11-4-10(14)8-19-11/h4-5,8-9,15-16H,2-3,6-7H2,1H3. The third kappa shape index (κ3) is 5.15. The summed E-state index contributed by atoms with van der Waals surface area (Å²) in [6.07, 6.45) is 1.06. The lowest BCUT2D eigenvalue weighted by Crippen LogP contribution is -2.22. The fourth-order valence-electron chi connectivity index (χ4n) is 1.68. The highest BCUT2D eigenvalue weighted by atomic mass is 79.9. The van der Waals surface area contributed by atoms with Crippen LogP contribution in [0.3, 0.4) is 0 Å². The van der Waals surface area contributed by atoms with E-state index in [4.69, 9.17) is 0 Å². The Kier molecular flexibility index (Phi) is 6.39. The summed E-state index contributed by atoms with van der Waals surface area (Å²) in [5.41, 5.74) is 0. The van der Waals surface area contributed by atoms with Crippen LogP contribution >= 0.6 is 38.6 Å². The SMILES string of the molecule is CCCNCc1cc(S(=O)(=O)NCc2cc(Br)cs2)cs1. The first-order valence-corrected chi connectivity index (χ1v) is 10.6. The largest absolute Gasteiger partial charge is 0.312 e. The number of halogens is 1. The summed E-state index contributed by atoms with van der Waals surface area (Å²) in [7, 11) is -3.43. The molecule has 0 aromatic carbocycles. The highest BCUT2D eigenvalue weighted by Crippen LogP contribution is 2.22. The molecule has 2 heterocycles. The molecule has 0 atom stereocenters. The minimum Gasteiger partial charge on any atom is -0.312 e. The van der Waals surface area contributed by atoms with Crippen LogP contribution in [0.25, 0.3) is 0 Å². The molecule has 8 heteroatoms. The Balaban J connectivity index is 1.95. The lowest BCUT2D eigenvalue weighted by Gasteiger charge is -2.03. The van der Waals surface area contributed by atoms with Crippen LogP contribution in [0, 0.1) is 0 Å². The Bertz CT molecular complexity index is 679. The Hall–Kier alpha value is -0.250. The Labute approximate surface area is 141 Å². The zero-order valence-corrected chi connectivity index (χ0v) is 15.6. The van der Waals surface area contributed by atoms with Crippen LogP contribution in [0.15, 0.2) is 32.3 Å². The molecule has 0 unspecified atom stereocenters. The fraction of sp³-hybridized carbons (Fsp3) is 0.385. The molecule has 2 aromatic heterocycles. The van der Waals surface area contributed by atoms with Gasteiger partial charge in [0.15, 0.2) is 0 Å². The van der Waals surface area contributed by atoms with E-state index in [9.17, 15) is 8.42 Å². The predicted molar refractivity (Wildman–Crippen MR) is 92.4 cm³/mol. The zero-order valence-electron chi connectivity index (χ0n) is 11.6. The summed E-state index contributed by atoms with van der Waals surface area (Å²) in [4.78, 5) is 2.35. The molecule has 0 spiro atoms. The molecule has 21 heavy (non-hydrogen) atoms. The highest BCUT2D eigenvalue weighted by molar-refractivity contribution is 9.10. The van der Waals surface area contributed by atoms with Crippen LogP contribution in [-0.4, -0.2) is 15.0 Å². The van der Waals surface area contributed by atoms with Gasteiger partial charge in [-0.25, -0.2) is 13.1 Å². The van der Waals surface area contributed by atoms with Crippen molar-refractivity contribution in [2.24, 2.45) is 0 Å². The van der Waals surface area contributed by atoms with E-state index in [1.807, 2.05) is 11.4 Å². The first-order valence-electron chi connectivity index (χ1n) is 6.52. The number of nitrogens with one attached hydrogen (secondary N) is 2. The van der Waals surface area contributed by atoms with Crippen molar-refractivity contribution in [1.29, 1.82) is 0 Å². The van der Waals surface area contributed by atoms with E-state index < -0.39 is 10.0 Å². The second-order valence-corrected chi connectivity index (χ2v) is 9.16. The van der Waals surface area contributed by atoms with Gasteiger partial charge in [-0.1, -0.05) is 6.92 Å². The average molecular weight is 409 g/mol. The minimum absolute atomic E-state index is 0.317. The van der Waals surface area contributed by atoms with Crippen molar-refractivity contribution in [3.8, 4) is 0 Å². The molecule has 0 aliphatic carbocycles. The number of sulfonamides is 1. The van der Waals surface area contributed by atoms with Gasteiger partial charge in [0.2, 0.25) is 10.0 Å². The van der Waals surface area contributed by atoms with Gasteiger partial charge in [-0.05, 0) is 41.0 Å². The van der Waals surface area contributed by atoms with Gasteiger partial charge in [0.25, 0.3) is 0 Å². The normalized spacial score (nSPS) is 11.9. The molecular formula is C13H17BrN2O2S3. The Morgan fingerprint density at radius 1 is 1.14 bits per heavy atom. The van der Waals surface area contributed by atoms with Gasteiger partial charge in [-0.15, -0.1) is 22.7 Å². The molecule has 2 rings (SSSR count). The average Bonchev–Trinajstić information content (AvgIpc) is 3.06. The molecule has 0 radical (unpaired) electrons. The van der Waals surface area contributed by atoms with Crippen molar-refractivity contribution in [3.63, 3.8) is 0 Å². The van der Waals surface area contributed by atoms with E-state index >= 15 is 0 Å². The topological polar surface area (TPSA) is 58.2 Å². The molecule has 4 nitrogen and oxygen atoms in total. The summed E-state index contributed by atoms with van der Waals surface area (Å²) >= 11 is 6.35. The summed E-state index contributed by atoms with van der Waals surface area (Å²) < 4.78 is 28.1. The number of hydrogen-bond donors (Lipinski definition) is 2. The lowest BCUT2D eigenvalue weighted by molar-refractivity contribution is 0.582. The highest BCUT2D eigenvalue weighted by Gasteiger charge is 2.16. The summed E-state index contributed by atoms with van der Waals surface area (Å²) in [6.45, 7) is 4.07. The van der Waals surface area contributed by atoms with Gasteiger partial charge < -0.3 is 5.32 Å². The zero-order chi connectivity index (χ0) is 15.3. The third-order valence-electron chi connectivity index (χ3n) is 2.72. The molecule has 0 saturated heterocycles. The van der Waals surface area contributed by atoms with Gasteiger partial charge in [0.1, 0.15) is 0 Å². The van der Waals surface area contributed by atoms with Crippen LogP contribution in [0.5, 0.6) is 0 Å². The predicted octanol–water partition coefficient (Wildman–Crippen LogP) is 3.55. The first-order chi connectivity index (χ1) is 10.0. The van der Waals surface area contributed by atoms with Gasteiger partial charge in [-0.2, -0.15) is 0 Å². The minimum atomic E-state index is -3.43. The van der Waals surface area contributed by atoms with E-state index in [1.165, 1.54) is 22.7 Å². The number of rotatable bonds is 8. The maximum Gasteiger partial charge on any atom is 0.241 e. The molecule has 0 aliphatic rings. The van der Waals surface area contributed by atoms with E-state index in [0.29, 0.717) is 18.0 Å². The molecule has 116 valence electrons. The molecular weight excluding hydrogens is 392 g/mol. The molecule has 0 bridgehead atoms. The molecule has 2 aromatic rings. The van der Waals surface area contributed by atoms with Crippen molar-refractivity contribution in [3.05, 3.63) is 37.1 Å². The van der Waals surface area contributed by atoms with Crippen molar-refractivity contribution in [2.75, 3.05) is 6.54 Å². The quantitative estimate of drug-likeness (QED) is 0.656. The van der Waals surface area contributed by atoms with Gasteiger partial charge in [0.05, 0.1) is 4.90 Å². The van der Waals surface area contributed by atoms with Crippen LogP contribution < -0.4 is 10.0 Å². The number of thiophene rings is 2. The fourth-order valence-corrected chi connectivity index (χ4v) is 5.41. The second kappa shape index (κ2) is 7.85. The Morgan fingerprint density at radius 3 is 2.52 bits per heavy atom. The second-order valence-electron chi connectivity index (χ2n) is 4.48. The van der Waals surface area contributed by atoms with E-state index in [0.717, 1.165) is 27.2 Å². The molecule has 0 aliphatic heterocycles. The van der Waals surface area contributed by atoms with E-state index in [2.05, 4.69) is 32.9 Å². The van der Waals surface area contributed by atoms with Gasteiger partial charge in [0, 0.05) is 38.1 Å². The van der Waals surface area contributed by atoms with Crippen LogP contribution in [0.1, 0.15) is 23.1 Å². The van der Waals surface area contributed by atoms with Crippen LogP contribution in [0.4, 0.5) is 0 Å². The van der Waals surface area contributed by atoms with Crippen molar-refractivity contribution >= 4 is 48.6 Å². The molecule has 0 saturated carbocycles. The smallest absolute Gasteiger partial charge is 0.241 e. The molecule has 0 amide bonds. The van der Waals surface area contributed by atoms with Crippen molar-refractivity contribution < 1.29 is 8.42 Å². The summed E-state index contributed by atoms with van der Waals surface area (Å²) in [6, 6.07) is 3.65. The van der Waals surface area contributed by atoms with Crippen molar-refractivity contribution in [2.45, 2.75) is 31.3 Å². The molecule has 2 N–H and O–H groups in total. The van der Waals surface area contributed by atoms with Crippen LogP contribution in [0.2, 0.25) is 0 Å². The van der Waals surface area contributed by atoms with E-state index in [-0.39, 0.29) is 0 Å². The van der Waals surface area contributed by atoms with E-state index in [1.54, 1.807) is 11.4 Å². The summed E-state index contributed by atoms with van der Waals surface area (Å²) in [5.74, 6) is 0. The Morgan fingerprint density at radius 2 is 1.86 bits per heavy atom. The summed E-state index contributed by atoms with van der Waals surface area (Å²) in [5, 5.41) is 6.89. The first kappa shape index (κ1) is 17.1. The lowest BCUT2D eigenvalue weighted by atomic mass is 10.4. The third-order valence-corrected chi connectivity index (χ3v) is 6.89. The van der Waals surface area contributed by atoms with Crippen LogP contribution in [-0.2, 0) is 23.1 Å². The molecule has 0 fully saturated rings. The maximum atomic E-state index is 12.2. The monoisotopic (exact) mass is 408 g/mol. The van der Waals surface area contributed by atoms with Gasteiger partial charge >= 0.3 is 0 Å². The number of hydrogen-bond acceptors (Lipinski definition) is 5. The van der Waals surface area contributed by atoms with Gasteiger partial charge in [-0.3, -0.25) is 0 Å². The maximum absolute atomic E-state index is 12.2.